The number of nitrogens with zero attached hydrogens (tertiary/aromatic N) is 4. The minimum atomic E-state index is -0.113. The number of fused-ring (bicyclic) bond motifs is 1. The van der Waals surface area contributed by atoms with Gasteiger partial charge in [0.1, 0.15) is 21.9 Å². The Bertz CT molecular complexity index is 1220. The third kappa shape index (κ3) is 3.46. The van der Waals surface area contributed by atoms with Crippen LogP contribution in [0.25, 0.3) is 22.2 Å². The lowest BCUT2D eigenvalue weighted by Gasteiger charge is -2.09. The molecular weight excluding hydrogens is 408 g/mol. The van der Waals surface area contributed by atoms with Crippen molar-refractivity contribution in [2.45, 2.75) is 6.92 Å². The highest BCUT2D eigenvalue weighted by atomic mass is 79.9. The Morgan fingerprint density at radius 3 is 2.67 bits per heavy atom. The molecule has 0 saturated carbocycles. The van der Waals surface area contributed by atoms with Gasteiger partial charge in [-0.05, 0) is 53.2 Å². The number of halogens is 1. The molecule has 0 unspecified atom stereocenters. The zero-order chi connectivity index (χ0) is 19.0. The molecule has 0 aliphatic carbocycles. The lowest BCUT2D eigenvalue weighted by atomic mass is 10.1. The van der Waals surface area contributed by atoms with Crippen LogP contribution in [0.15, 0.2) is 64.3 Å². The van der Waals surface area contributed by atoms with Gasteiger partial charge in [-0.1, -0.05) is 6.07 Å². The molecule has 6 nitrogen and oxygen atoms in total. The molecule has 0 aliphatic heterocycles. The van der Waals surface area contributed by atoms with E-state index in [2.05, 4.69) is 30.9 Å². The van der Waals surface area contributed by atoms with Crippen LogP contribution >= 0.6 is 15.9 Å². The summed E-state index contributed by atoms with van der Waals surface area (Å²) in [6.07, 6.45) is 3.25. The van der Waals surface area contributed by atoms with Crippen LogP contribution in [-0.2, 0) is 7.05 Å². The molecule has 4 aromatic rings. The molecule has 134 valence electrons. The number of aromatic nitrogens is 4. The van der Waals surface area contributed by atoms with Crippen LogP contribution in [0, 0.1) is 6.92 Å². The maximum Gasteiger partial charge on any atom is 0.262 e. The maximum atomic E-state index is 12.5. The first-order valence-electron chi connectivity index (χ1n) is 8.24. The van der Waals surface area contributed by atoms with Crippen molar-refractivity contribution in [3.63, 3.8) is 0 Å². The second kappa shape index (κ2) is 6.92. The predicted molar refractivity (Wildman–Crippen MR) is 107 cm³/mol. The number of aryl methyl sites for hydroxylation is 1. The molecule has 0 fully saturated rings. The molecule has 4 rings (SSSR count). The van der Waals surface area contributed by atoms with Gasteiger partial charge in [0.2, 0.25) is 0 Å². The first-order valence-corrected chi connectivity index (χ1v) is 9.04. The Hall–Kier alpha value is -3.06. The molecule has 0 spiro atoms. The van der Waals surface area contributed by atoms with E-state index in [0.717, 1.165) is 10.9 Å². The van der Waals surface area contributed by atoms with Crippen molar-refractivity contribution >= 4 is 26.8 Å². The first-order chi connectivity index (χ1) is 13.0. The Labute approximate surface area is 163 Å². The lowest BCUT2D eigenvalue weighted by Crippen LogP contribution is -2.22. The predicted octanol–water partition coefficient (Wildman–Crippen LogP) is 4.25. The van der Waals surface area contributed by atoms with Crippen molar-refractivity contribution in [2.75, 3.05) is 0 Å². The quantitative estimate of drug-likeness (QED) is 0.461. The Kier molecular flexibility index (Phi) is 4.45. The van der Waals surface area contributed by atoms with E-state index < -0.39 is 0 Å². The highest BCUT2D eigenvalue weighted by Crippen LogP contribution is 2.27. The highest BCUT2D eigenvalue weighted by Gasteiger charge is 2.10. The van der Waals surface area contributed by atoms with Gasteiger partial charge in [0.15, 0.2) is 0 Å². The number of rotatable bonds is 3. The fraction of sp³-hybridized carbons (Fsp3) is 0.100. The first kappa shape index (κ1) is 17.4. The van der Waals surface area contributed by atoms with Crippen molar-refractivity contribution in [3.8, 4) is 22.8 Å². The summed E-state index contributed by atoms with van der Waals surface area (Å²) in [6.45, 7) is 1.79. The van der Waals surface area contributed by atoms with Crippen LogP contribution in [-0.4, -0.2) is 19.5 Å². The molecule has 0 bridgehead atoms. The molecular formula is C20H15BrN4O2. The summed E-state index contributed by atoms with van der Waals surface area (Å²) in [5.41, 5.74) is 1.74. The van der Waals surface area contributed by atoms with Gasteiger partial charge in [0, 0.05) is 30.9 Å². The van der Waals surface area contributed by atoms with Gasteiger partial charge in [0.25, 0.3) is 5.56 Å². The molecule has 7 heteroatoms. The van der Waals surface area contributed by atoms with E-state index in [-0.39, 0.29) is 5.56 Å². The standard InChI is InChI=1S/C20H15BrN4O2/c1-12-23-11-16(20(26)25(12)2)18-5-3-13-9-14(4-6-17(13)24-18)27-15-7-8-22-19(21)10-15/h3-11H,1-2H3. The summed E-state index contributed by atoms with van der Waals surface area (Å²) in [6, 6.07) is 13.0. The Balaban J connectivity index is 1.70. The van der Waals surface area contributed by atoms with E-state index in [1.807, 2.05) is 30.3 Å². The zero-order valence-electron chi connectivity index (χ0n) is 14.7. The van der Waals surface area contributed by atoms with E-state index in [1.165, 1.54) is 4.57 Å². The SMILES string of the molecule is Cc1ncc(-c2ccc3cc(Oc4ccnc(Br)c4)ccc3n2)c(=O)n1C. The number of hydrogen-bond donors (Lipinski definition) is 0. The summed E-state index contributed by atoms with van der Waals surface area (Å²) >= 11 is 3.33. The normalized spacial score (nSPS) is 10.9. The molecule has 0 radical (unpaired) electrons. The van der Waals surface area contributed by atoms with Crippen LogP contribution < -0.4 is 10.3 Å². The van der Waals surface area contributed by atoms with E-state index >= 15 is 0 Å². The molecule has 0 N–H and O–H groups in total. The summed E-state index contributed by atoms with van der Waals surface area (Å²) < 4.78 is 8.10. The van der Waals surface area contributed by atoms with E-state index in [0.29, 0.717) is 33.2 Å². The number of ether oxygens (including phenoxy) is 1. The van der Waals surface area contributed by atoms with Crippen LogP contribution in [0.1, 0.15) is 5.82 Å². The Morgan fingerprint density at radius 1 is 1.04 bits per heavy atom. The molecule has 0 saturated heterocycles. The number of pyridine rings is 2. The van der Waals surface area contributed by atoms with Gasteiger partial charge >= 0.3 is 0 Å². The molecule has 0 atom stereocenters. The summed E-state index contributed by atoms with van der Waals surface area (Å²) in [5.74, 6) is 2.05. The van der Waals surface area contributed by atoms with Gasteiger partial charge in [-0.25, -0.2) is 15.0 Å². The highest BCUT2D eigenvalue weighted by molar-refractivity contribution is 9.10. The van der Waals surface area contributed by atoms with Crippen molar-refractivity contribution in [1.29, 1.82) is 0 Å². The summed E-state index contributed by atoms with van der Waals surface area (Å²) in [7, 11) is 1.70. The number of hydrogen-bond acceptors (Lipinski definition) is 5. The molecule has 27 heavy (non-hydrogen) atoms. The van der Waals surface area contributed by atoms with Crippen LogP contribution in [0.3, 0.4) is 0 Å². The van der Waals surface area contributed by atoms with E-state index in [9.17, 15) is 4.79 Å². The summed E-state index contributed by atoms with van der Waals surface area (Å²) in [4.78, 5) is 25.4. The van der Waals surface area contributed by atoms with Gasteiger partial charge in [-0.15, -0.1) is 0 Å². The van der Waals surface area contributed by atoms with Crippen LogP contribution in [0.2, 0.25) is 0 Å². The topological polar surface area (TPSA) is 69.9 Å². The fourth-order valence-electron chi connectivity index (χ4n) is 2.70. The number of benzene rings is 1. The minimum absolute atomic E-state index is 0.113. The van der Waals surface area contributed by atoms with Crippen LogP contribution in [0.4, 0.5) is 0 Å². The van der Waals surface area contributed by atoms with Gasteiger partial charge < -0.3 is 4.74 Å². The van der Waals surface area contributed by atoms with Crippen molar-refractivity contribution in [1.82, 2.24) is 19.5 Å². The average Bonchev–Trinajstić information content (AvgIpc) is 2.66. The van der Waals surface area contributed by atoms with E-state index in [4.69, 9.17) is 4.74 Å². The molecule has 3 aromatic heterocycles. The minimum Gasteiger partial charge on any atom is -0.457 e. The third-order valence-electron chi connectivity index (χ3n) is 4.27. The van der Waals surface area contributed by atoms with E-state index in [1.54, 1.807) is 38.5 Å². The molecule has 0 amide bonds. The molecule has 1 aromatic carbocycles. The van der Waals surface area contributed by atoms with Crippen LogP contribution in [0.5, 0.6) is 11.5 Å². The monoisotopic (exact) mass is 422 g/mol. The van der Waals surface area contributed by atoms with Crippen molar-refractivity contribution < 1.29 is 4.74 Å². The largest absolute Gasteiger partial charge is 0.457 e. The average molecular weight is 423 g/mol. The summed E-state index contributed by atoms with van der Waals surface area (Å²) in [5, 5.41) is 0.918. The van der Waals surface area contributed by atoms with Crippen molar-refractivity contribution in [3.05, 3.63) is 75.6 Å². The molecule has 0 aliphatic rings. The third-order valence-corrected chi connectivity index (χ3v) is 4.70. The van der Waals surface area contributed by atoms with Crippen molar-refractivity contribution in [2.24, 2.45) is 7.05 Å². The van der Waals surface area contributed by atoms with Gasteiger partial charge in [0.05, 0.1) is 16.8 Å². The second-order valence-corrected chi connectivity index (χ2v) is 6.86. The molecule has 3 heterocycles. The Morgan fingerprint density at radius 2 is 1.85 bits per heavy atom. The lowest BCUT2D eigenvalue weighted by molar-refractivity contribution is 0.482. The smallest absolute Gasteiger partial charge is 0.262 e. The second-order valence-electron chi connectivity index (χ2n) is 6.05. The zero-order valence-corrected chi connectivity index (χ0v) is 16.3. The van der Waals surface area contributed by atoms with Gasteiger partial charge in [-0.2, -0.15) is 0 Å². The fourth-order valence-corrected chi connectivity index (χ4v) is 3.05. The maximum absolute atomic E-state index is 12.5. The van der Waals surface area contributed by atoms with Gasteiger partial charge in [-0.3, -0.25) is 9.36 Å².